The maximum atomic E-state index is 5.67. The average Bonchev–Trinajstić information content (AvgIpc) is 2.30. The van der Waals surface area contributed by atoms with E-state index in [1.165, 1.54) is 0 Å². The van der Waals surface area contributed by atoms with Gasteiger partial charge in [-0.25, -0.2) is 0 Å². The molecule has 0 fully saturated rings. The number of rotatable bonds is 2. The first-order chi connectivity index (χ1) is 8.15. The Morgan fingerprint density at radius 3 is 2.12 bits per heavy atom. The lowest BCUT2D eigenvalue weighted by atomic mass is 10.2. The molecular formula is C13H14N4. The second-order valence-corrected chi connectivity index (χ2v) is 3.84. The smallest absolute Gasteiger partial charge is 0.0887 e. The van der Waals surface area contributed by atoms with Crippen molar-refractivity contribution < 1.29 is 0 Å². The van der Waals surface area contributed by atoms with Crippen molar-refractivity contribution in [2.45, 2.75) is 6.92 Å². The van der Waals surface area contributed by atoms with Gasteiger partial charge in [0.15, 0.2) is 0 Å². The summed E-state index contributed by atoms with van der Waals surface area (Å²) in [5.74, 6) is 0. The fraction of sp³-hybridized carbons (Fsp3) is 0.0769. The van der Waals surface area contributed by atoms with Crippen molar-refractivity contribution >= 4 is 22.7 Å². The highest BCUT2D eigenvalue weighted by molar-refractivity contribution is 5.54. The highest BCUT2D eigenvalue weighted by Gasteiger charge is 1.96. The summed E-state index contributed by atoms with van der Waals surface area (Å²) in [6.45, 7) is 1.95. The fourth-order valence-electron chi connectivity index (χ4n) is 1.44. The summed E-state index contributed by atoms with van der Waals surface area (Å²) < 4.78 is 0. The molecule has 17 heavy (non-hydrogen) atoms. The molecule has 0 amide bonds. The predicted molar refractivity (Wildman–Crippen MR) is 70.6 cm³/mol. The first-order valence-corrected chi connectivity index (χ1v) is 5.28. The standard InChI is InChI=1S/C13H14N4/c1-9-8-11(15)4-7-13(9)17-16-12-5-2-10(14)3-6-12/h2-8H,14-15H2,1H3/b17-16+. The van der Waals surface area contributed by atoms with Crippen molar-refractivity contribution in [3.8, 4) is 0 Å². The summed E-state index contributed by atoms with van der Waals surface area (Å²) in [5.41, 5.74) is 15.3. The van der Waals surface area contributed by atoms with Crippen LogP contribution in [-0.2, 0) is 0 Å². The highest BCUT2D eigenvalue weighted by atomic mass is 15.1. The fourth-order valence-corrected chi connectivity index (χ4v) is 1.44. The Bertz CT molecular complexity index is 544. The molecule has 0 atom stereocenters. The van der Waals surface area contributed by atoms with E-state index >= 15 is 0 Å². The van der Waals surface area contributed by atoms with Crippen molar-refractivity contribution in [2.75, 3.05) is 11.5 Å². The van der Waals surface area contributed by atoms with Gasteiger partial charge in [-0.2, -0.15) is 10.2 Å². The molecule has 2 aromatic carbocycles. The number of nitrogens with zero attached hydrogens (tertiary/aromatic N) is 2. The molecule has 0 aromatic heterocycles. The van der Waals surface area contributed by atoms with Gasteiger partial charge in [0.25, 0.3) is 0 Å². The summed E-state index contributed by atoms with van der Waals surface area (Å²) >= 11 is 0. The Balaban J connectivity index is 2.23. The minimum absolute atomic E-state index is 0.715. The Hall–Kier alpha value is -2.36. The van der Waals surface area contributed by atoms with Gasteiger partial charge in [-0.15, -0.1) is 0 Å². The van der Waals surface area contributed by atoms with E-state index in [9.17, 15) is 0 Å². The normalized spacial score (nSPS) is 10.9. The van der Waals surface area contributed by atoms with Crippen LogP contribution in [0, 0.1) is 6.92 Å². The van der Waals surface area contributed by atoms with Gasteiger partial charge in [-0.05, 0) is 55.0 Å². The van der Waals surface area contributed by atoms with E-state index in [4.69, 9.17) is 11.5 Å². The monoisotopic (exact) mass is 226 g/mol. The Kier molecular flexibility index (Phi) is 3.05. The molecule has 0 aliphatic heterocycles. The third-order valence-electron chi connectivity index (χ3n) is 2.39. The molecule has 0 saturated heterocycles. The number of nitrogens with two attached hydrogens (primary N) is 2. The lowest BCUT2D eigenvalue weighted by molar-refractivity contribution is 1.21. The summed E-state index contributed by atoms with van der Waals surface area (Å²) in [6, 6.07) is 12.8. The lowest BCUT2D eigenvalue weighted by Gasteiger charge is -2.00. The van der Waals surface area contributed by atoms with Gasteiger partial charge in [0.1, 0.15) is 0 Å². The molecule has 4 nitrogen and oxygen atoms in total. The van der Waals surface area contributed by atoms with Gasteiger partial charge >= 0.3 is 0 Å². The van der Waals surface area contributed by atoms with Crippen molar-refractivity contribution in [2.24, 2.45) is 10.2 Å². The van der Waals surface area contributed by atoms with Gasteiger partial charge in [0.05, 0.1) is 11.4 Å². The van der Waals surface area contributed by atoms with Gasteiger partial charge in [-0.1, -0.05) is 0 Å². The minimum Gasteiger partial charge on any atom is -0.399 e. The molecule has 0 saturated carbocycles. The van der Waals surface area contributed by atoms with Crippen LogP contribution in [-0.4, -0.2) is 0 Å². The van der Waals surface area contributed by atoms with Crippen LogP contribution in [0.5, 0.6) is 0 Å². The molecule has 86 valence electrons. The second-order valence-electron chi connectivity index (χ2n) is 3.84. The van der Waals surface area contributed by atoms with Crippen LogP contribution in [0.15, 0.2) is 52.7 Å². The molecular weight excluding hydrogens is 212 g/mol. The highest BCUT2D eigenvalue weighted by Crippen LogP contribution is 2.23. The van der Waals surface area contributed by atoms with Crippen LogP contribution in [0.3, 0.4) is 0 Å². The van der Waals surface area contributed by atoms with E-state index in [1.54, 1.807) is 12.1 Å². The van der Waals surface area contributed by atoms with Gasteiger partial charge in [-0.3, -0.25) is 0 Å². The largest absolute Gasteiger partial charge is 0.399 e. The second kappa shape index (κ2) is 4.65. The molecule has 2 rings (SSSR count). The van der Waals surface area contributed by atoms with Crippen molar-refractivity contribution in [1.29, 1.82) is 0 Å². The van der Waals surface area contributed by atoms with Crippen LogP contribution in [0.1, 0.15) is 5.56 Å². The molecule has 4 N–H and O–H groups in total. The molecule has 0 spiro atoms. The molecule has 0 radical (unpaired) electrons. The summed E-state index contributed by atoms with van der Waals surface area (Å²) in [5, 5.41) is 8.31. The van der Waals surface area contributed by atoms with E-state index in [1.807, 2.05) is 37.3 Å². The Morgan fingerprint density at radius 2 is 1.47 bits per heavy atom. The summed E-state index contributed by atoms with van der Waals surface area (Å²) in [4.78, 5) is 0. The predicted octanol–water partition coefficient (Wildman–Crippen LogP) is 3.57. The van der Waals surface area contributed by atoms with Crippen molar-refractivity contribution in [3.05, 3.63) is 48.0 Å². The SMILES string of the molecule is Cc1cc(N)ccc1/N=N/c1ccc(N)cc1. The number of benzene rings is 2. The molecule has 0 bridgehead atoms. The van der Waals surface area contributed by atoms with Crippen LogP contribution < -0.4 is 11.5 Å². The number of hydrogen-bond donors (Lipinski definition) is 2. The van der Waals surface area contributed by atoms with Gasteiger partial charge in [0, 0.05) is 11.4 Å². The van der Waals surface area contributed by atoms with E-state index in [2.05, 4.69) is 10.2 Å². The van der Waals surface area contributed by atoms with Crippen molar-refractivity contribution in [3.63, 3.8) is 0 Å². The number of aryl methyl sites for hydroxylation is 1. The average molecular weight is 226 g/mol. The van der Waals surface area contributed by atoms with Crippen LogP contribution in [0.4, 0.5) is 22.7 Å². The molecule has 0 aliphatic rings. The molecule has 2 aromatic rings. The van der Waals surface area contributed by atoms with E-state index < -0.39 is 0 Å². The maximum absolute atomic E-state index is 5.67. The zero-order valence-corrected chi connectivity index (χ0v) is 9.59. The lowest BCUT2D eigenvalue weighted by Crippen LogP contribution is -1.84. The van der Waals surface area contributed by atoms with E-state index in [0.717, 1.165) is 22.6 Å². The quantitative estimate of drug-likeness (QED) is 0.606. The molecule has 0 aliphatic carbocycles. The summed E-state index contributed by atoms with van der Waals surface area (Å²) in [7, 11) is 0. The Labute approximate surface area is 100.0 Å². The van der Waals surface area contributed by atoms with E-state index in [0.29, 0.717) is 5.69 Å². The number of hydrogen-bond acceptors (Lipinski definition) is 4. The van der Waals surface area contributed by atoms with Crippen LogP contribution >= 0.6 is 0 Å². The van der Waals surface area contributed by atoms with Gasteiger partial charge < -0.3 is 11.5 Å². The van der Waals surface area contributed by atoms with Crippen molar-refractivity contribution in [1.82, 2.24) is 0 Å². The topological polar surface area (TPSA) is 76.8 Å². The number of anilines is 2. The van der Waals surface area contributed by atoms with Crippen LogP contribution in [0.25, 0.3) is 0 Å². The Morgan fingerprint density at radius 1 is 0.824 bits per heavy atom. The number of nitrogen functional groups attached to an aromatic ring is 2. The van der Waals surface area contributed by atoms with Crippen LogP contribution in [0.2, 0.25) is 0 Å². The van der Waals surface area contributed by atoms with E-state index in [-0.39, 0.29) is 0 Å². The van der Waals surface area contributed by atoms with Gasteiger partial charge in [0.2, 0.25) is 0 Å². The third kappa shape index (κ3) is 2.81. The number of azo groups is 1. The zero-order valence-electron chi connectivity index (χ0n) is 9.59. The molecule has 0 unspecified atom stereocenters. The first-order valence-electron chi connectivity index (χ1n) is 5.28. The summed E-state index contributed by atoms with van der Waals surface area (Å²) in [6.07, 6.45) is 0. The first kappa shape index (κ1) is 11.1. The minimum atomic E-state index is 0.715. The molecule has 4 heteroatoms. The zero-order chi connectivity index (χ0) is 12.3. The maximum Gasteiger partial charge on any atom is 0.0887 e. The molecule has 0 heterocycles. The third-order valence-corrected chi connectivity index (χ3v) is 2.39.